The van der Waals surface area contributed by atoms with E-state index in [0.29, 0.717) is 11.7 Å². The normalized spacial score (nSPS) is 13.6. The van der Waals surface area contributed by atoms with E-state index in [-0.39, 0.29) is 5.41 Å². The van der Waals surface area contributed by atoms with E-state index in [1.807, 2.05) is 12.3 Å². The van der Waals surface area contributed by atoms with Crippen LogP contribution >= 0.6 is 0 Å². The predicted octanol–water partition coefficient (Wildman–Crippen LogP) is 3.89. The van der Waals surface area contributed by atoms with Crippen LogP contribution in [0.3, 0.4) is 0 Å². The maximum Gasteiger partial charge on any atom is 0.181 e. The van der Waals surface area contributed by atoms with Crippen LogP contribution in [0.4, 0.5) is 0 Å². The molecule has 0 aromatic carbocycles. The molecule has 2 heterocycles. The molecule has 1 unspecified atom stereocenters. The largest absolute Gasteiger partial charge is 0.442 e. The number of pyridine rings is 1. The van der Waals surface area contributed by atoms with Gasteiger partial charge in [-0.15, -0.1) is 0 Å². The number of oxazole rings is 1. The molecule has 0 amide bonds. The Kier molecular flexibility index (Phi) is 3.01. The molecular formula is C14H18N2O. The Morgan fingerprint density at radius 2 is 1.94 bits per heavy atom. The smallest absolute Gasteiger partial charge is 0.181 e. The standard InChI is InChI=1S/C14H18N2O/c1-10(14(2,3)4)11-5-6-12(16-7-11)13-8-15-9-17-13/h5-10H,1-4H3. The molecule has 0 aliphatic rings. The van der Waals surface area contributed by atoms with Crippen molar-refractivity contribution in [3.05, 3.63) is 36.5 Å². The summed E-state index contributed by atoms with van der Waals surface area (Å²) in [5.74, 6) is 1.18. The van der Waals surface area contributed by atoms with Crippen molar-refractivity contribution in [2.75, 3.05) is 0 Å². The first-order valence-corrected chi connectivity index (χ1v) is 5.83. The Morgan fingerprint density at radius 3 is 2.41 bits per heavy atom. The van der Waals surface area contributed by atoms with Gasteiger partial charge in [-0.25, -0.2) is 4.98 Å². The van der Waals surface area contributed by atoms with Gasteiger partial charge in [-0.3, -0.25) is 4.98 Å². The van der Waals surface area contributed by atoms with Crippen LogP contribution in [0.5, 0.6) is 0 Å². The maximum absolute atomic E-state index is 5.21. The van der Waals surface area contributed by atoms with Gasteiger partial charge in [0.15, 0.2) is 12.2 Å². The Hall–Kier alpha value is -1.64. The van der Waals surface area contributed by atoms with Crippen molar-refractivity contribution in [3.8, 4) is 11.5 Å². The Morgan fingerprint density at radius 1 is 1.18 bits per heavy atom. The average Bonchev–Trinajstić information content (AvgIpc) is 2.80. The van der Waals surface area contributed by atoms with Gasteiger partial charge in [-0.1, -0.05) is 33.8 Å². The van der Waals surface area contributed by atoms with Crippen LogP contribution in [0.15, 0.2) is 35.3 Å². The Bertz CT molecular complexity index is 466. The monoisotopic (exact) mass is 230 g/mol. The summed E-state index contributed by atoms with van der Waals surface area (Å²) in [5.41, 5.74) is 2.32. The van der Waals surface area contributed by atoms with Crippen molar-refractivity contribution in [1.82, 2.24) is 9.97 Å². The molecule has 0 saturated carbocycles. The SMILES string of the molecule is CC(c1ccc(-c2cnco2)nc1)C(C)(C)C. The molecule has 0 aliphatic heterocycles. The highest BCUT2D eigenvalue weighted by Crippen LogP contribution is 2.34. The number of aromatic nitrogens is 2. The summed E-state index contributed by atoms with van der Waals surface area (Å²) < 4.78 is 5.21. The first kappa shape index (κ1) is 11.8. The minimum absolute atomic E-state index is 0.245. The summed E-state index contributed by atoms with van der Waals surface area (Å²) in [4.78, 5) is 8.31. The van der Waals surface area contributed by atoms with Crippen molar-refractivity contribution in [3.63, 3.8) is 0 Å². The van der Waals surface area contributed by atoms with E-state index in [9.17, 15) is 0 Å². The highest BCUT2D eigenvalue weighted by atomic mass is 16.3. The number of nitrogens with zero attached hydrogens (tertiary/aromatic N) is 2. The number of rotatable bonds is 2. The lowest BCUT2D eigenvalue weighted by atomic mass is 9.78. The molecule has 90 valence electrons. The molecule has 3 heteroatoms. The van der Waals surface area contributed by atoms with Crippen LogP contribution in [0.1, 0.15) is 39.2 Å². The van der Waals surface area contributed by atoms with Gasteiger partial charge in [0.05, 0.1) is 6.20 Å². The highest BCUT2D eigenvalue weighted by Gasteiger charge is 2.21. The summed E-state index contributed by atoms with van der Waals surface area (Å²) in [7, 11) is 0. The third-order valence-corrected chi connectivity index (χ3v) is 3.27. The third kappa shape index (κ3) is 2.54. The van der Waals surface area contributed by atoms with Gasteiger partial charge < -0.3 is 4.42 Å². The zero-order valence-electron chi connectivity index (χ0n) is 10.8. The topological polar surface area (TPSA) is 38.9 Å². The highest BCUT2D eigenvalue weighted by molar-refractivity contribution is 5.50. The second-order valence-electron chi connectivity index (χ2n) is 5.43. The lowest BCUT2D eigenvalue weighted by Crippen LogP contribution is -2.15. The van der Waals surface area contributed by atoms with Gasteiger partial charge in [-0.2, -0.15) is 0 Å². The van der Waals surface area contributed by atoms with Gasteiger partial charge in [0.2, 0.25) is 0 Å². The van der Waals surface area contributed by atoms with Gasteiger partial charge in [0.25, 0.3) is 0 Å². The molecule has 0 saturated heterocycles. The van der Waals surface area contributed by atoms with E-state index in [1.165, 1.54) is 12.0 Å². The number of hydrogen-bond donors (Lipinski definition) is 0. The van der Waals surface area contributed by atoms with Crippen LogP contribution in [-0.2, 0) is 0 Å². The quantitative estimate of drug-likeness (QED) is 0.785. The van der Waals surface area contributed by atoms with Crippen molar-refractivity contribution >= 4 is 0 Å². The van der Waals surface area contributed by atoms with Crippen LogP contribution in [0.2, 0.25) is 0 Å². The summed E-state index contributed by atoms with van der Waals surface area (Å²) in [6, 6.07) is 4.10. The molecule has 1 atom stereocenters. The molecular weight excluding hydrogens is 212 g/mol. The van der Waals surface area contributed by atoms with Crippen molar-refractivity contribution < 1.29 is 4.42 Å². The van der Waals surface area contributed by atoms with Crippen LogP contribution in [0.25, 0.3) is 11.5 Å². The fourth-order valence-electron chi connectivity index (χ4n) is 1.65. The summed E-state index contributed by atoms with van der Waals surface area (Å²) in [5, 5.41) is 0. The maximum atomic E-state index is 5.21. The molecule has 0 aliphatic carbocycles. The zero-order valence-corrected chi connectivity index (χ0v) is 10.8. The molecule has 0 fully saturated rings. The Labute approximate surface area is 102 Å². The minimum atomic E-state index is 0.245. The van der Waals surface area contributed by atoms with E-state index in [4.69, 9.17) is 4.42 Å². The Balaban J connectivity index is 2.25. The molecule has 17 heavy (non-hydrogen) atoms. The van der Waals surface area contributed by atoms with Gasteiger partial charge in [-0.05, 0) is 23.0 Å². The lowest BCUT2D eigenvalue weighted by Gasteiger charge is -2.27. The molecule has 0 radical (unpaired) electrons. The second-order valence-corrected chi connectivity index (χ2v) is 5.43. The van der Waals surface area contributed by atoms with Crippen molar-refractivity contribution in [1.29, 1.82) is 0 Å². The van der Waals surface area contributed by atoms with E-state index in [2.05, 4.69) is 43.7 Å². The van der Waals surface area contributed by atoms with Crippen molar-refractivity contribution in [2.45, 2.75) is 33.6 Å². The van der Waals surface area contributed by atoms with E-state index >= 15 is 0 Å². The second kappa shape index (κ2) is 4.32. The fourth-order valence-corrected chi connectivity index (χ4v) is 1.65. The molecule has 2 rings (SSSR count). The molecule has 0 bridgehead atoms. The van der Waals surface area contributed by atoms with Crippen LogP contribution in [-0.4, -0.2) is 9.97 Å². The third-order valence-electron chi connectivity index (χ3n) is 3.27. The van der Waals surface area contributed by atoms with Gasteiger partial charge in [0.1, 0.15) is 5.69 Å². The van der Waals surface area contributed by atoms with E-state index in [0.717, 1.165) is 5.69 Å². The molecule has 2 aromatic rings. The average molecular weight is 230 g/mol. The summed E-state index contributed by atoms with van der Waals surface area (Å²) in [6.07, 6.45) is 5.02. The predicted molar refractivity (Wildman–Crippen MR) is 67.6 cm³/mol. The minimum Gasteiger partial charge on any atom is -0.442 e. The van der Waals surface area contributed by atoms with E-state index in [1.54, 1.807) is 6.20 Å². The summed E-state index contributed by atoms with van der Waals surface area (Å²) in [6.45, 7) is 8.94. The van der Waals surface area contributed by atoms with Crippen LogP contribution < -0.4 is 0 Å². The van der Waals surface area contributed by atoms with E-state index < -0.39 is 0 Å². The fraction of sp³-hybridized carbons (Fsp3) is 0.429. The molecule has 3 nitrogen and oxygen atoms in total. The first-order chi connectivity index (χ1) is 7.98. The zero-order chi connectivity index (χ0) is 12.5. The number of hydrogen-bond acceptors (Lipinski definition) is 3. The van der Waals surface area contributed by atoms with Crippen molar-refractivity contribution in [2.24, 2.45) is 5.41 Å². The molecule has 0 N–H and O–H groups in total. The first-order valence-electron chi connectivity index (χ1n) is 5.83. The van der Waals surface area contributed by atoms with Gasteiger partial charge in [0, 0.05) is 6.20 Å². The lowest BCUT2D eigenvalue weighted by molar-refractivity contribution is 0.339. The molecule has 0 spiro atoms. The van der Waals surface area contributed by atoms with Crippen LogP contribution in [0, 0.1) is 5.41 Å². The summed E-state index contributed by atoms with van der Waals surface area (Å²) >= 11 is 0. The van der Waals surface area contributed by atoms with Gasteiger partial charge >= 0.3 is 0 Å². The molecule has 2 aromatic heterocycles.